The molecular formula is C12H11ClFeO4. The quantitative estimate of drug-likeness (QED) is 0.769. The summed E-state index contributed by atoms with van der Waals surface area (Å²) in [5.74, 6) is -1.07. The number of fused-ring (bicyclic) bond motifs is 10. The van der Waals surface area contributed by atoms with Crippen molar-refractivity contribution in [3.8, 4) is 0 Å². The first-order valence-corrected chi connectivity index (χ1v) is 12.7. The van der Waals surface area contributed by atoms with E-state index in [4.69, 9.17) is 0 Å². The molecule has 10 rings (SSSR count). The summed E-state index contributed by atoms with van der Waals surface area (Å²) in [6.07, 6.45) is 0. The van der Waals surface area contributed by atoms with E-state index >= 15 is 0 Å². The van der Waals surface area contributed by atoms with Gasteiger partial charge < -0.3 is 0 Å². The second-order valence-corrected chi connectivity index (χ2v) is 33.6. The van der Waals surface area contributed by atoms with E-state index < -0.39 is 18.4 Å². The third-order valence-corrected chi connectivity index (χ3v) is 58.1. The molecule has 8 atom stereocenters. The molecule has 0 radical (unpaired) electrons. The predicted octanol–water partition coefficient (Wildman–Crippen LogP) is 2.71. The van der Waals surface area contributed by atoms with Crippen molar-refractivity contribution in [2.24, 2.45) is 0 Å². The number of carbonyl (C=O) groups is 2. The number of hydrogen-bond donors (Lipinski definition) is 2. The Labute approximate surface area is 97.8 Å². The first kappa shape index (κ1) is 7.51. The fourth-order valence-corrected chi connectivity index (χ4v) is 92.6. The molecule has 0 aromatic rings. The van der Waals surface area contributed by atoms with Crippen LogP contribution in [-0.4, -0.2) is 22.2 Å². The maximum absolute atomic E-state index is 12.0. The molecule has 0 aliphatic carbocycles. The number of halogens is 1. The third kappa shape index (κ3) is 0.0606. The van der Waals surface area contributed by atoms with Crippen molar-refractivity contribution in [1.29, 1.82) is 0 Å². The normalized spacial score (nSPS) is 116. The predicted molar refractivity (Wildman–Crippen MR) is 57.9 cm³/mol. The monoisotopic (exact) mass is 310 g/mol. The van der Waals surface area contributed by atoms with E-state index in [0.29, 0.717) is 19.3 Å². The second-order valence-electron chi connectivity index (χ2n) is 10.4. The Morgan fingerprint density at radius 1 is 0.778 bits per heavy atom. The summed E-state index contributed by atoms with van der Waals surface area (Å²) >= 11 is 0. The molecule has 8 unspecified atom stereocenters. The molecule has 0 aromatic carbocycles. The number of aliphatic carboxylic acids is 2. The van der Waals surface area contributed by atoms with Gasteiger partial charge in [0.2, 0.25) is 0 Å². The summed E-state index contributed by atoms with van der Waals surface area (Å²) in [4.78, 5) is 28.9. The zero-order valence-electron chi connectivity index (χ0n) is 9.09. The molecule has 10 saturated heterocycles. The first-order chi connectivity index (χ1) is 7.82. The molecule has 0 amide bonds. The molecule has 10 aliphatic rings. The minimum absolute atomic E-state index is 0. The molecule has 98 valence electrons. The summed E-state index contributed by atoms with van der Waals surface area (Å²) < 4.78 is -0.653. The van der Waals surface area contributed by atoms with Gasteiger partial charge in [-0.05, 0) is 0 Å². The fourth-order valence-electron chi connectivity index (χ4n) is 17.7. The van der Waals surface area contributed by atoms with Gasteiger partial charge in [-0.3, -0.25) is 0 Å². The van der Waals surface area contributed by atoms with Gasteiger partial charge in [-0.25, -0.2) is 0 Å². The molecule has 0 bridgehead atoms. The average Bonchev–Trinajstić information content (AvgIpc) is 3.22. The molecule has 2 N–H and O–H groups in total. The van der Waals surface area contributed by atoms with Crippen molar-refractivity contribution in [3.63, 3.8) is 0 Å². The maximum atomic E-state index is 12.0. The average molecular weight is 311 g/mol. The van der Waals surface area contributed by atoms with E-state index in [1.807, 2.05) is 0 Å². The van der Waals surface area contributed by atoms with E-state index in [2.05, 4.69) is 0 Å². The van der Waals surface area contributed by atoms with Crippen molar-refractivity contribution >= 4 is 24.3 Å². The summed E-state index contributed by atoms with van der Waals surface area (Å²) in [5.41, 5.74) is 0. The van der Waals surface area contributed by atoms with Crippen LogP contribution in [0.4, 0.5) is 0 Å². The van der Waals surface area contributed by atoms with Crippen LogP contribution in [0, 0.1) is 0 Å². The van der Waals surface area contributed by atoms with E-state index in [0.717, 1.165) is 19.3 Å². The van der Waals surface area contributed by atoms with Crippen LogP contribution in [-0.2, 0) is 16.1 Å². The van der Waals surface area contributed by atoms with Crippen LogP contribution in [0.2, 0.25) is 47.2 Å². The van der Waals surface area contributed by atoms with Crippen molar-refractivity contribution in [2.75, 3.05) is 0 Å². The van der Waals surface area contributed by atoms with Crippen LogP contribution in [0.5, 0.6) is 0 Å². The van der Waals surface area contributed by atoms with E-state index in [1.165, 1.54) is 0 Å². The molecule has 0 aromatic heterocycles. The van der Waals surface area contributed by atoms with Gasteiger partial charge in [0.15, 0.2) is 0 Å². The van der Waals surface area contributed by atoms with Gasteiger partial charge in [0.25, 0.3) is 0 Å². The topological polar surface area (TPSA) is 74.6 Å². The van der Waals surface area contributed by atoms with Crippen molar-refractivity contribution < 1.29 is 26.3 Å². The summed E-state index contributed by atoms with van der Waals surface area (Å²) in [6.45, 7) is -4.10. The van der Waals surface area contributed by atoms with Gasteiger partial charge in [0.05, 0.1) is 0 Å². The molecule has 10 aliphatic heterocycles. The van der Waals surface area contributed by atoms with E-state index in [-0.39, 0.29) is 21.0 Å². The number of carboxylic acid groups (broad SMARTS) is 2. The first-order valence-electron chi connectivity index (χ1n) is 6.50. The van der Waals surface area contributed by atoms with Gasteiger partial charge in [-0.1, -0.05) is 0 Å². The molecule has 1 spiro atoms. The Hall–Kier alpha value is -0.251. The van der Waals surface area contributed by atoms with Crippen LogP contribution in [0.1, 0.15) is 0 Å². The Bertz CT molecular complexity index is 1010. The van der Waals surface area contributed by atoms with E-state index in [9.17, 15) is 19.8 Å². The molecule has 4 nitrogen and oxygen atoms in total. The number of hydrogen-bond acceptors (Lipinski definition) is 2. The van der Waals surface area contributed by atoms with Gasteiger partial charge >= 0.3 is 85.4 Å². The Morgan fingerprint density at radius 3 is 1.17 bits per heavy atom. The standard InChI is InChI=1S/2C6H5O2.ClH.Fe/c2*7-6(8)5-3-1-2-4-5;;/h2*1-4H,(H,7,8);1H;. The molecular weight excluding hydrogens is 299 g/mol. The van der Waals surface area contributed by atoms with Crippen LogP contribution < -0.4 is 0 Å². The van der Waals surface area contributed by atoms with Gasteiger partial charge in [0.1, 0.15) is 0 Å². The van der Waals surface area contributed by atoms with Crippen LogP contribution in [0.15, 0.2) is 0 Å². The molecule has 18 heavy (non-hydrogen) atoms. The molecule has 10 heterocycles. The second kappa shape index (κ2) is 0.552. The Balaban J connectivity index is 0.000000676. The Morgan fingerprint density at radius 2 is 1.06 bits per heavy atom. The van der Waals surface area contributed by atoms with Crippen molar-refractivity contribution in [3.05, 3.63) is 0 Å². The van der Waals surface area contributed by atoms with Gasteiger partial charge in [-0.2, -0.15) is 0 Å². The van der Waals surface area contributed by atoms with Crippen LogP contribution >= 0.6 is 12.4 Å². The summed E-state index contributed by atoms with van der Waals surface area (Å²) in [6, 6.07) is 0. The van der Waals surface area contributed by atoms with E-state index in [1.54, 1.807) is 0 Å². The zero-order chi connectivity index (χ0) is 11.1. The third-order valence-electron chi connectivity index (χ3n) is 15.5. The SMILES string of the molecule is Cl.O=C(O)[C]12[CH]3[CH]4[CH]5[CH]1[Fe]45321678[CH]2[CH]1[CH]6[C]7(C(=O)O)[CH]28. The zero-order valence-corrected chi connectivity index (χ0v) is 11.0. The molecule has 6 heteroatoms. The number of carboxylic acids is 2. The van der Waals surface area contributed by atoms with Crippen LogP contribution in [0.25, 0.3) is 0 Å². The minimum atomic E-state index is -4.10. The summed E-state index contributed by atoms with van der Waals surface area (Å²) in [5, 5.41) is 19.7. The van der Waals surface area contributed by atoms with Gasteiger partial charge in [0, 0.05) is 0 Å². The van der Waals surface area contributed by atoms with Crippen LogP contribution in [0.3, 0.4) is 0 Å². The Kier molecular flexibility index (Phi) is 0.230. The summed E-state index contributed by atoms with van der Waals surface area (Å²) in [7, 11) is 0. The number of rotatable bonds is 2. The molecule has 0 saturated carbocycles. The fraction of sp³-hybridized carbons (Fsp3) is 0.833. The van der Waals surface area contributed by atoms with Crippen molar-refractivity contribution in [2.45, 2.75) is 47.2 Å². The van der Waals surface area contributed by atoms with Gasteiger partial charge in [-0.15, -0.1) is 12.4 Å². The molecule has 10 fully saturated rings. The van der Waals surface area contributed by atoms with Crippen molar-refractivity contribution in [1.82, 2.24) is 0 Å².